The number of aromatic nitrogens is 1. The van der Waals surface area contributed by atoms with Crippen LogP contribution in [0.5, 0.6) is 0 Å². The minimum atomic E-state index is -0.451. The first kappa shape index (κ1) is 14.8. The van der Waals surface area contributed by atoms with Crippen molar-refractivity contribution in [2.24, 2.45) is 0 Å². The lowest BCUT2D eigenvalue weighted by Crippen LogP contribution is -2.17. The second-order valence-corrected chi connectivity index (χ2v) is 4.94. The summed E-state index contributed by atoms with van der Waals surface area (Å²) >= 11 is 0. The molecule has 21 heavy (non-hydrogen) atoms. The molecule has 6 nitrogen and oxygen atoms in total. The number of carbonyl (C=O) groups is 1. The molecule has 0 bridgehead atoms. The molecule has 1 heterocycles. The third-order valence-electron chi connectivity index (χ3n) is 3.39. The van der Waals surface area contributed by atoms with E-state index < -0.39 is 4.92 Å². The van der Waals surface area contributed by atoms with Crippen LogP contribution in [0.4, 0.5) is 11.4 Å². The summed E-state index contributed by atoms with van der Waals surface area (Å²) in [6.07, 6.45) is 4.10. The van der Waals surface area contributed by atoms with E-state index in [1.54, 1.807) is 19.1 Å². The summed E-state index contributed by atoms with van der Waals surface area (Å²) in [6.45, 7) is 3.57. The standard InChI is InChI=1S/C15H17N3O3/c1-11(17-8-3-4-9-17)10-15(19)16-13-6-5-7-14(12(13)2)18(20)21/h3-9,11H,10H2,1-2H3,(H,16,19)/t11-/m1/s1. The van der Waals surface area contributed by atoms with E-state index in [4.69, 9.17) is 0 Å². The van der Waals surface area contributed by atoms with Gasteiger partial charge in [0, 0.05) is 30.9 Å². The van der Waals surface area contributed by atoms with Crippen LogP contribution in [0.15, 0.2) is 42.7 Å². The first-order valence-electron chi connectivity index (χ1n) is 6.65. The number of nitro groups is 1. The fourth-order valence-corrected chi connectivity index (χ4v) is 2.17. The van der Waals surface area contributed by atoms with Crippen LogP contribution in [0.2, 0.25) is 0 Å². The molecular weight excluding hydrogens is 270 g/mol. The average Bonchev–Trinajstić information content (AvgIpc) is 2.94. The van der Waals surface area contributed by atoms with Crippen molar-refractivity contribution in [2.75, 3.05) is 5.32 Å². The molecule has 2 aromatic rings. The molecule has 0 fully saturated rings. The molecule has 6 heteroatoms. The summed E-state index contributed by atoms with van der Waals surface area (Å²) in [5.41, 5.74) is 0.949. The van der Waals surface area contributed by atoms with E-state index in [9.17, 15) is 14.9 Å². The summed E-state index contributed by atoms with van der Waals surface area (Å²) in [4.78, 5) is 22.5. The van der Waals surface area contributed by atoms with Crippen molar-refractivity contribution >= 4 is 17.3 Å². The van der Waals surface area contributed by atoms with Crippen molar-refractivity contribution in [1.82, 2.24) is 4.57 Å². The van der Waals surface area contributed by atoms with Gasteiger partial charge >= 0.3 is 0 Å². The van der Waals surface area contributed by atoms with E-state index in [1.807, 2.05) is 36.0 Å². The van der Waals surface area contributed by atoms with Crippen LogP contribution in [-0.4, -0.2) is 15.4 Å². The van der Waals surface area contributed by atoms with Crippen LogP contribution in [0.1, 0.15) is 24.9 Å². The smallest absolute Gasteiger partial charge is 0.274 e. The summed E-state index contributed by atoms with van der Waals surface area (Å²) in [6, 6.07) is 8.49. The minimum absolute atomic E-state index is 0.00579. The van der Waals surface area contributed by atoms with E-state index in [0.29, 0.717) is 17.7 Å². The highest BCUT2D eigenvalue weighted by molar-refractivity contribution is 5.92. The maximum atomic E-state index is 12.1. The highest BCUT2D eigenvalue weighted by Crippen LogP contribution is 2.25. The number of nitrogens with one attached hydrogen (secondary N) is 1. The zero-order chi connectivity index (χ0) is 15.4. The molecule has 110 valence electrons. The maximum absolute atomic E-state index is 12.1. The number of benzene rings is 1. The van der Waals surface area contributed by atoms with Gasteiger partial charge in [-0.3, -0.25) is 14.9 Å². The topological polar surface area (TPSA) is 77.2 Å². The molecule has 1 aromatic carbocycles. The van der Waals surface area contributed by atoms with Crippen LogP contribution < -0.4 is 5.32 Å². The van der Waals surface area contributed by atoms with Gasteiger partial charge in [-0.05, 0) is 32.0 Å². The van der Waals surface area contributed by atoms with Crippen molar-refractivity contribution in [3.05, 3.63) is 58.4 Å². The number of hydrogen-bond acceptors (Lipinski definition) is 3. The zero-order valence-electron chi connectivity index (χ0n) is 11.9. The zero-order valence-corrected chi connectivity index (χ0v) is 11.9. The van der Waals surface area contributed by atoms with Crippen LogP contribution in [0.3, 0.4) is 0 Å². The fraction of sp³-hybridized carbons (Fsp3) is 0.267. The van der Waals surface area contributed by atoms with Crippen molar-refractivity contribution in [1.29, 1.82) is 0 Å². The second kappa shape index (κ2) is 6.21. The van der Waals surface area contributed by atoms with Crippen molar-refractivity contribution in [3.8, 4) is 0 Å². The van der Waals surface area contributed by atoms with Crippen LogP contribution in [-0.2, 0) is 4.79 Å². The van der Waals surface area contributed by atoms with Gasteiger partial charge in [0.2, 0.25) is 5.91 Å². The van der Waals surface area contributed by atoms with E-state index in [-0.39, 0.29) is 17.6 Å². The highest BCUT2D eigenvalue weighted by atomic mass is 16.6. The monoisotopic (exact) mass is 287 g/mol. The third kappa shape index (κ3) is 3.47. The molecule has 1 aromatic heterocycles. The van der Waals surface area contributed by atoms with E-state index in [0.717, 1.165) is 0 Å². The lowest BCUT2D eigenvalue weighted by atomic mass is 10.1. The van der Waals surface area contributed by atoms with Crippen molar-refractivity contribution < 1.29 is 9.72 Å². The van der Waals surface area contributed by atoms with Crippen LogP contribution in [0.25, 0.3) is 0 Å². The van der Waals surface area contributed by atoms with E-state index in [1.165, 1.54) is 6.07 Å². The van der Waals surface area contributed by atoms with Gasteiger partial charge in [-0.15, -0.1) is 0 Å². The Kier molecular flexibility index (Phi) is 4.37. The molecule has 0 spiro atoms. The molecule has 0 saturated carbocycles. The summed E-state index contributed by atoms with van der Waals surface area (Å²) in [5.74, 6) is -0.167. The van der Waals surface area contributed by atoms with Gasteiger partial charge in [-0.1, -0.05) is 6.07 Å². The van der Waals surface area contributed by atoms with Gasteiger partial charge in [0.15, 0.2) is 0 Å². The Hall–Kier alpha value is -2.63. The minimum Gasteiger partial charge on any atom is -0.351 e. The quantitative estimate of drug-likeness (QED) is 0.677. The molecule has 2 rings (SSSR count). The molecule has 0 aliphatic carbocycles. The number of rotatable bonds is 5. The lowest BCUT2D eigenvalue weighted by Gasteiger charge is -2.14. The van der Waals surface area contributed by atoms with Gasteiger partial charge in [0.25, 0.3) is 5.69 Å². The average molecular weight is 287 g/mol. The van der Waals surface area contributed by atoms with Gasteiger partial charge in [-0.2, -0.15) is 0 Å². The SMILES string of the molecule is Cc1c(NC(=O)C[C@@H](C)n2cccc2)cccc1[N+](=O)[O-]. The second-order valence-electron chi connectivity index (χ2n) is 4.94. The Balaban J connectivity index is 2.06. The van der Waals surface area contributed by atoms with Gasteiger partial charge in [0.05, 0.1) is 16.2 Å². The molecule has 1 atom stereocenters. The van der Waals surface area contributed by atoms with Gasteiger partial charge in [-0.25, -0.2) is 0 Å². The first-order valence-corrected chi connectivity index (χ1v) is 6.65. The predicted molar refractivity (Wildman–Crippen MR) is 80.2 cm³/mol. The molecule has 0 saturated heterocycles. The number of carbonyl (C=O) groups excluding carboxylic acids is 1. The van der Waals surface area contributed by atoms with E-state index in [2.05, 4.69) is 5.32 Å². The Morgan fingerprint density at radius 2 is 2.00 bits per heavy atom. The summed E-state index contributed by atoms with van der Waals surface area (Å²) in [7, 11) is 0. The Morgan fingerprint density at radius 3 is 2.62 bits per heavy atom. The summed E-state index contributed by atoms with van der Waals surface area (Å²) < 4.78 is 1.94. The van der Waals surface area contributed by atoms with E-state index >= 15 is 0 Å². The van der Waals surface area contributed by atoms with Crippen molar-refractivity contribution in [2.45, 2.75) is 26.3 Å². The van der Waals surface area contributed by atoms with Gasteiger partial charge < -0.3 is 9.88 Å². The number of anilines is 1. The number of hydrogen-bond donors (Lipinski definition) is 1. The Morgan fingerprint density at radius 1 is 1.33 bits per heavy atom. The highest BCUT2D eigenvalue weighted by Gasteiger charge is 2.16. The normalized spacial score (nSPS) is 11.9. The molecular formula is C15H17N3O3. The van der Waals surface area contributed by atoms with Crippen LogP contribution >= 0.6 is 0 Å². The Labute approximate surface area is 122 Å². The number of nitro benzene ring substituents is 1. The van der Waals surface area contributed by atoms with Crippen LogP contribution in [0, 0.1) is 17.0 Å². The largest absolute Gasteiger partial charge is 0.351 e. The maximum Gasteiger partial charge on any atom is 0.274 e. The molecule has 1 amide bonds. The molecule has 0 radical (unpaired) electrons. The lowest BCUT2D eigenvalue weighted by molar-refractivity contribution is -0.385. The Bertz CT molecular complexity index is 650. The molecule has 0 unspecified atom stereocenters. The molecule has 0 aliphatic rings. The predicted octanol–water partition coefficient (Wildman–Crippen LogP) is 3.29. The third-order valence-corrected chi connectivity index (χ3v) is 3.39. The van der Waals surface area contributed by atoms with Gasteiger partial charge in [0.1, 0.15) is 0 Å². The number of amides is 1. The first-order chi connectivity index (χ1) is 9.99. The van der Waals surface area contributed by atoms with Crippen molar-refractivity contribution in [3.63, 3.8) is 0 Å². The summed E-state index contributed by atoms with van der Waals surface area (Å²) in [5, 5.41) is 13.6. The molecule has 0 aliphatic heterocycles. The molecule has 1 N–H and O–H groups in total. The number of nitrogens with zero attached hydrogens (tertiary/aromatic N) is 2. The fourth-order valence-electron chi connectivity index (χ4n) is 2.17.